The van der Waals surface area contributed by atoms with Gasteiger partial charge in [-0.15, -0.1) is 0 Å². The molecule has 1 saturated heterocycles. The van der Waals surface area contributed by atoms with Crippen molar-refractivity contribution in [2.45, 2.75) is 72.0 Å². The summed E-state index contributed by atoms with van der Waals surface area (Å²) in [6.07, 6.45) is 4.42. The first-order valence-electron chi connectivity index (χ1n) is 9.46. The zero-order valence-corrected chi connectivity index (χ0v) is 16.4. The number of ether oxygens (including phenoxy) is 2. The third kappa shape index (κ3) is 6.97. The molecule has 1 aliphatic rings. The predicted octanol–water partition coefficient (Wildman–Crippen LogP) is 5.05. The molecule has 0 bridgehead atoms. The number of piperidine rings is 1. The zero-order chi connectivity index (χ0) is 18.4. The molecule has 25 heavy (non-hydrogen) atoms. The fraction of sp³-hybridized carbons (Fsp3) is 0.667. The summed E-state index contributed by atoms with van der Waals surface area (Å²) in [4.78, 5) is 13.9. The molecular weight excluding hydrogens is 314 g/mol. The monoisotopic (exact) mass is 347 g/mol. The van der Waals surface area contributed by atoms with Crippen LogP contribution in [-0.4, -0.2) is 35.8 Å². The van der Waals surface area contributed by atoms with E-state index < -0.39 is 5.60 Å². The Bertz CT molecular complexity index is 537. The number of aryl methyl sites for hydroxylation is 1. The molecule has 140 valence electrons. The fourth-order valence-electron chi connectivity index (χ4n) is 3.11. The van der Waals surface area contributed by atoms with E-state index in [0.717, 1.165) is 38.1 Å². The number of carbonyl (C=O) groups excluding carboxylic acids is 1. The Morgan fingerprint density at radius 2 is 1.76 bits per heavy atom. The number of benzene rings is 1. The molecule has 1 amide bonds. The maximum absolute atomic E-state index is 12.1. The minimum absolute atomic E-state index is 0.174. The third-order valence-electron chi connectivity index (χ3n) is 4.40. The van der Waals surface area contributed by atoms with Crippen molar-refractivity contribution >= 4 is 6.09 Å². The lowest BCUT2D eigenvalue weighted by Crippen LogP contribution is -2.41. The van der Waals surface area contributed by atoms with Gasteiger partial charge in [-0.05, 0) is 83.9 Å². The SMILES string of the molecule is CC(C)Oc1ccc(CCC2CCN(C(=O)OC(C)(C)C)CC2)cc1. The van der Waals surface area contributed by atoms with Gasteiger partial charge in [0.05, 0.1) is 6.10 Å². The zero-order valence-electron chi connectivity index (χ0n) is 16.4. The molecule has 1 aromatic rings. The highest BCUT2D eigenvalue weighted by atomic mass is 16.6. The van der Waals surface area contributed by atoms with Gasteiger partial charge in [0.15, 0.2) is 0 Å². The summed E-state index contributed by atoms with van der Waals surface area (Å²) < 4.78 is 11.1. The maximum Gasteiger partial charge on any atom is 0.410 e. The van der Waals surface area contributed by atoms with Gasteiger partial charge in [0.1, 0.15) is 11.4 Å². The second kappa shape index (κ2) is 8.59. The normalized spacial score (nSPS) is 16.2. The molecule has 0 aliphatic carbocycles. The van der Waals surface area contributed by atoms with Gasteiger partial charge < -0.3 is 14.4 Å². The van der Waals surface area contributed by atoms with Crippen molar-refractivity contribution in [2.75, 3.05) is 13.1 Å². The summed E-state index contributed by atoms with van der Waals surface area (Å²) in [6, 6.07) is 8.43. The molecular formula is C21H33NO3. The Hall–Kier alpha value is -1.71. The largest absolute Gasteiger partial charge is 0.491 e. The van der Waals surface area contributed by atoms with Gasteiger partial charge >= 0.3 is 6.09 Å². The van der Waals surface area contributed by atoms with Crippen LogP contribution in [0.15, 0.2) is 24.3 Å². The van der Waals surface area contributed by atoms with E-state index in [0.29, 0.717) is 5.92 Å². The Labute approximate surface area is 152 Å². The standard InChI is InChI=1S/C21H33NO3/c1-16(2)24-19-10-8-17(9-11-19)6-7-18-12-14-22(15-13-18)20(23)25-21(3,4)5/h8-11,16,18H,6-7,12-15H2,1-5H3. The van der Waals surface area contributed by atoms with Gasteiger partial charge in [-0.3, -0.25) is 0 Å². The molecule has 4 heteroatoms. The molecule has 1 fully saturated rings. The van der Waals surface area contributed by atoms with E-state index in [-0.39, 0.29) is 12.2 Å². The van der Waals surface area contributed by atoms with Gasteiger partial charge in [-0.25, -0.2) is 4.79 Å². The Morgan fingerprint density at radius 3 is 2.28 bits per heavy atom. The van der Waals surface area contributed by atoms with Crippen LogP contribution < -0.4 is 4.74 Å². The van der Waals surface area contributed by atoms with Gasteiger partial charge in [-0.1, -0.05) is 12.1 Å². The van der Waals surface area contributed by atoms with Gasteiger partial charge in [0.2, 0.25) is 0 Å². The van der Waals surface area contributed by atoms with Crippen LogP contribution >= 0.6 is 0 Å². The van der Waals surface area contributed by atoms with Crippen LogP contribution in [0.2, 0.25) is 0 Å². The maximum atomic E-state index is 12.1. The number of rotatable bonds is 5. The third-order valence-corrected chi connectivity index (χ3v) is 4.40. The van der Waals surface area contributed by atoms with Crippen molar-refractivity contribution in [3.63, 3.8) is 0 Å². The van der Waals surface area contributed by atoms with E-state index in [2.05, 4.69) is 24.3 Å². The summed E-state index contributed by atoms with van der Waals surface area (Å²) in [7, 11) is 0. The first-order valence-corrected chi connectivity index (χ1v) is 9.46. The number of hydrogen-bond acceptors (Lipinski definition) is 3. The predicted molar refractivity (Wildman–Crippen MR) is 101 cm³/mol. The van der Waals surface area contributed by atoms with Crippen molar-refractivity contribution < 1.29 is 14.3 Å². The van der Waals surface area contributed by atoms with Crippen molar-refractivity contribution in [1.82, 2.24) is 4.90 Å². The molecule has 2 rings (SSSR count). The van der Waals surface area contributed by atoms with Crippen LogP contribution in [0.3, 0.4) is 0 Å². The Morgan fingerprint density at radius 1 is 1.16 bits per heavy atom. The average molecular weight is 347 g/mol. The van der Waals surface area contributed by atoms with Gasteiger partial charge in [-0.2, -0.15) is 0 Å². The number of amides is 1. The summed E-state index contributed by atoms with van der Waals surface area (Å²) in [5.74, 6) is 1.62. The van der Waals surface area contributed by atoms with Crippen molar-refractivity contribution in [3.05, 3.63) is 29.8 Å². The average Bonchev–Trinajstić information content (AvgIpc) is 2.52. The summed E-state index contributed by atoms with van der Waals surface area (Å²) in [5, 5.41) is 0. The van der Waals surface area contributed by atoms with Crippen LogP contribution in [0.5, 0.6) is 5.75 Å². The number of nitrogens with zero attached hydrogens (tertiary/aromatic N) is 1. The van der Waals surface area contributed by atoms with Crippen molar-refractivity contribution in [2.24, 2.45) is 5.92 Å². The summed E-state index contributed by atoms with van der Waals surface area (Å²) in [5.41, 5.74) is 0.935. The van der Waals surface area contributed by atoms with E-state index in [4.69, 9.17) is 9.47 Å². The molecule has 0 spiro atoms. The number of likely N-dealkylation sites (tertiary alicyclic amines) is 1. The minimum atomic E-state index is -0.417. The van der Waals surface area contributed by atoms with Crippen LogP contribution in [0, 0.1) is 5.92 Å². The summed E-state index contributed by atoms with van der Waals surface area (Å²) >= 11 is 0. The molecule has 0 atom stereocenters. The highest BCUT2D eigenvalue weighted by molar-refractivity contribution is 5.68. The molecule has 0 saturated carbocycles. The highest BCUT2D eigenvalue weighted by Crippen LogP contribution is 2.24. The topological polar surface area (TPSA) is 38.8 Å². The van der Waals surface area contributed by atoms with Gasteiger partial charge in [0.25, 0.3) is 0 Å². The lowest BCUT2D eigenvalue weighted by Gasteiger charge is -2.33. The minimum Gasteiger partial charge on any atom is -0.491 e. The first-order chi connectivity index (χ1) is 11.7. The van der Waals surface area contributed by atoms with E-state index in [1.165, 1.54) is 12.0 Å². The highest BCUT2D eigenvalue weighted by Gasteiger charge is 2.26. The lowest BCUT2D eigenvalue weighted by molar-refractivity contribution is 0.0181. The molecule has 1 heterocycles. The lowest BCUT2D eigenvalue weighted by atomic mass is 9.90. The molecule has 4 nitrogen and oxygen atoms in total. The molecule has 0 unspecified atom stereocenters. The first kappa shape index (κ1) is 19.6. The van der Waals surface area contributed by atoms with Crippen molar-refractivity contribution in [1.29, 1.82) is 0 Å². The molecule has 1 aliphatic heterocycles. The smallest absolute Gasteiger partial charge is 0.410 e. The second-order valence-corrected chi connectivity index (χ2v) is 8.26. The van der Waals surface area contributed by atoms with Crippen LogP contribution in [0.25, 0.3) is 0 Å². The van der Waals surface area contributed by atoms with Gasteiger partial charge in [0, 0.05) is 13.1 Å². The van der Waals surface area contributed by atoms with E-state index in [1.54, 1.807) is 0 Å². The quantitative estimate of drug-likeness (QED) is 0.748. The number of carbonyl (C=O) groups is 1. The van der Waals surface area contributed by atoms with E-state index in [9.17, 15) is 4.79 Å². The summed E-state index contributed by atoms with van der Waals surface area (Å²) in [6.45, 7) is 11.4. The number of hydrogen-bond donors (Lipinski definition) is 0. The molecule has 1 aromatic carbocycles. The van der Waals surface area contributed by atoms with Crippen LogP contribution in [0.1, 0.15) is 59.4 Å². The van der Waals surface area contributed by atoms with Crippen molar-refractivity contribution in [3.8, 4) is 5.75 Å². The molecule has 0 N–H and O–H groups in total. The second-order valence-electron chi connectivity index (χ2n) is 8.26. The Balaban J connectivity index is 1.72. The van der Waals surface area contributed by atoms with E-state index >= 15 is 0 Å². The van der Waals surface area contributed by atoms with Crippen LogP contribution in [0.4, 0.5) is 4.79 Å². The molecule has 0 radical (unpaired) electrons. The molecule has 0 aromatic heterocycles. The Kier molecular flexibility index (Phi) is 6.74. The fourth-order valence-corrected chi connectivity index (χ4v) is 3.11. The van der Waals surface area contributed by atoms with Crippen LogP contribution in [-0.2, 0) is 11.2 Å². The van der Waals surface area contributed by atoms with E-state index in [1.807, 2.05) is 39.5 Å².